The molecule has 0 aromatic heterocycles. The third-order valence-electron chi connectivity index (χ3n) is 4.02. The van der Waals surface area contributed by atoms with Gasteiger partial charge in [0.05, 0.1) is 0 Å². The summed E-state index contributed by atoms with van der Waals surface area (Å²) in [6, 6.07) is 10.9. The van der Waals surface area contributed by atoms with Crippen LogP contribution in [0.2, 0.25) is 0 Å². The number of hydrogen-bond acceptors (Lipinski definition) is 4. The Morgan fingerprint density at radius 2 is 1.76 bits per heavy atom. The molecule has 1 aliphatic heterocycles. The minimum Gasteiger partial charge on any atom is -0.437 e. The molecule has 1 aromatic carbocycles. The molecule has 1 saturated carbocycles. The van der Waals surface area contributed by atoms with Crippen LogP contribution in [0, 0.1) is 16.1 Å². The topological polar surface area (TPSA) is 53.0 Å². The Bertz CT molecular complexity index is 523. The fraction of sp³-hybridized carbons (Fsp3) is 0.571. The molecule has 1 heterocycles. The average molecular weight is 319 g/mol. The molecule has 0 unspecified atom stereocenters. The highest BCUT2D eigenvalue weighted by atomic mass is 32.2. The molecular weight excluding hydrogens is 301 g/mol. The minimum absolute atomic E-state index is 0.736. The molecule has 0 radical (unpaired) electrons. The van der Waals surface area contributed by atoms with E-state index >= 15 is 0 Å². The normalized spacial score (nSPS) is 20.4. The van der Waals surface area contributed by atoms with E-state index in [9.17, 15) is 13.2 Å². The van der Waals surface area contributed by atoms with Gasteiger partial charge in [-0.25, -0.2) is 0 Å². The SMILES string of the molecule is N=[S-](=O)C(F)(F)F.c1ccc(CC2CC3(CNC3)C2)cc1. The van der Waals surface area contributed by atoms with Gasteiger partial charge in [-0.05, 0) is 36.2 Å². The van der Waals surface area contributed by atoms with Gasteiger partial charge >= 0.3 is 5.51 Å². The van der Waals surface area contributed by atoms with Gasteiger partial charge in [-0.2, -0.15) is 13.2 Å². The van der Waals surface area contributed by atoms with Crippen molar-refractivity contribution in [1.29, 1.82) is 4.78 Å². The second-order valence-electron chi connectivity index (χ2n) is 5.78. The standard InChI is InChI=1S/C13H17N.CHF3NOS/c1-2-4-11(5-3-1)6-12-7-13(8-12)9-14-10-13;2-1(3,4)7(5)6/h1-5,12,14H,6-10H2;5H/q;-1. The van der Waals surface area contributed by atoms with Crippen LogP contribution in [-0.2, 0) is 21.2 Å². The zero-order chi connectivity index (χ0) is 15.5. The van der Waals surface area contributed by atoms with Crippen molar-refractivity contribution in [2.24, 2.45) is 11.3 Å². The summed E-state index contributed by atoms with van der Waals surface area (Å²) in [6.07, 6.45) is 4.20. The predicted molar refractivity (Wildman–Crippen MR) is 75.0 cm³/mol. The quantitative estimate of drug-likeness (QED) is 0.820. The Balaban J connectivity index is 0.000000199. The average Bonchev–Trinajstić information content (AvgIpc) is 2.32. The Morgan fingerprint density at radius 1 is 1.24 bits per heavy atom. The van der Waals surface area contributed by atoms with Gasteiger partial charge in [0.25, 0.3) is 0 Å². The van der Waals surface area contributed by atoms with E-state index in [1.807, 2.05) is 0 Å². The van der Waals surface area contributed by atoms with Crippen LogP contribution in [0.25, 0.3) is 0 Å². The number of rotatable bonds is 2. The van der Waals surface area contributed by atoms with Crippen LogP contribution in [-0.4, -0.2) is 18.6 Å². The van der Waals surface area contributed by atoms with E-state index in [0.717, 1.165) is 11.3 Å². The van der Waals surface area contributed by atoms with Crippen LogP contribution in [0.15, 0.2) is 30.3 Å². The van der Waals surface area contributed by atoms with Crippen LogP contribution >= 0.6 is 0 Å². The maximum absolute atomic E-state index is 10.7. The van der Waals surface area contributed by atoms with Crippen molar-refractivity contribution in [3.8, 4) is 0 Å². The lowest BCUT2D eigenvalue weighted by molar-refractivity contribution is -0.0379. The molecule has 3 nitrogen and oxygen atoms in total. The second-order valence-corrected chi connectivity index (χ2v) is 6.78. The van der Waals surface area contributed by atoms with Crippen LogP contribution < -0.4 is 5.32 Å². The predicted octanol–water partition coefficient (Wildman–Crippen LogP) is 3.46. The summed E-state index contributed by atoms with van der Waals surface area (Å²) >= 11 is 0. The lowest BCUT2D eigenvalue weighted by Gasteiger charge is -2.54. The molecule has 1 spiro atoms. The molecule has 0 bridgehead atoms. The lowest BCUT2D eigenvalue weighted by atomic mass is 9.57. The van der Waals surface area contributed by atoms with Crippen molar-refractivity contribution in [2.75, 3.05) is 13.1 Å². The van der Waals surface area contributed by atoms with Crippen LogP contribution in [0.3, 0.4) is 0 Å². The molecule has 118 valence electrons. The number of nitrogens with one attached hydrogen (secondary N) is 2. The molecule has 3 rings (SSSR count). The van der Waals surface area contributed by atoms with Gasteiger partial charge in [-0.3, -0.25) is 0 Å². The molecule has 0 atom stereocenters. The van der Waals surface area contributed by atoms with Gasteiger partial charge in [0, 0.05) is 13.1 Å². The van der Waals surface area contributed by atoms with Gasteiger partial charge in [-0.15, -0.1) is 0 Å². The summed E-state index contributed by atoms with van der Waals surface area (Å²) in [5.41, 5.74) is -2.61. The van der Waals surface area contributed by atoms with E-state index in [4.69, 9.17) is 8.99 Å². The summed E-state index contributed by atoms with van der Waals surface area (Å²) in [7, 11) is -3.43. The largest absolute Gasteiger partial charge is 0.437 e. The highest BCUT2D eigenvalue weighted by molar-refractivity contribution is 7.74. The zero-order valence-electron chi connectivity index (χ0n) is 11.5. The lowest BCUT2D eigenvalue weighted by Crippen LogP contribution is -2.60. The van der Waals surface area contributed by atoms with Gasteiger partial charge < -0.3 is 14.3 Å². The van der Waals surface area contributed by atoms with E-state index in [-0.39, 0.29) is 0 Å². The fourth-order valence-corrected chi connectivity index (χ4v) is 3.02. The first-order chi connectivity index (χ1) is 9.81. The summed E-state index contributed by atoms with van der Waals surface area (Å²) in [5, 5.41) is 3.39. The molecule has 1 aliphatic carbocycles. The van der Waals surface area contributed by atoms with E-state index in [1.54, 1.807) is 0 Å². The van der Waals surface area contributed by atoms with Crippen LogP contribution in [0.4, 0.5) is 13.2 Å². The third-order valence-corrected chi connectivity index (χ3v) is 4.44. The summed E-state index contributed by atoms with van der Waals surface area (Å²) in [5.74, 6) is 0.958. The van der Waals surface area contributed by atoms with Crippen LogP contribution in [0.1, 0.15) is 18.4 Å². The Kier molecular flexibility index (Phi) is 4.93. The molecule has 0 amide bonds. The highest BCUT2D eigenvalue weighted by Gasteiger charge is 2.47. The molecule has 2 aliphatic rings. The Labute approximate surface area is 123 Å². The summed E-state index contributed by atoms with van der Waals surface area (Å²) < 4.78 is 46.8. The van der Waals surface area contributed by atoms with Crippen molar-refractivity contribution in [3.05, 3.63) is 35.9 Å². The highest BCUT2D eigenvalue weighted by Crippen LogP contribution is 2.49. The number of alkyl halides is 3. The second kappa shape index (κ2) is 6.36. The number of benzene rings is 1. The maximum Gasteiger partial charge on any atom is 0.356 e. The maximum atomic E-state index is 10.7. The first-order valence-corrected chi connectivity index (χ1v) is 7.90. The Morgan fingerprint density at radius 3 is 2.14 bits per heavy atom. The minimum atomic E-state index is -4.86. The number of halogens is 3. The monoisotopic (exact) mass is 319 g/mol. The Hall–Kier alpha value is -1.08. The van der Waals surface area contributed by atoms with E-state index in [2.05, 4.69) is 35.6 Å². The zero-order valence-corrected chi connectivity index (χ0v) is 12.3. The molecular formula is C14H18F3N2OS-. The molecule has 2 N–H and O–H groups in total. The first-order valence-electron chi connectivity index (χ1n) is 6.75. The summed E-state index contributed by atoms with van der Waals surface area (Å²) in [6.45, 7) is 2.55. The first kappa shape index (κ1) is 16.3. The molecule has 1 saturated heterocycles. The van der Waals surface area contributed by atoms with Crippen molar-refractivity contribution in [1.82, 2.24) is 5.32 Å². The van der Waals surface area contributed by atoms with Gasteiger partial charge in [0.2, 0.25) is 0 Å². The third kappa shape index (κ3) is 4.44. The van der Waals surface area contributed by atoms with E-state index in [1.165, 1.54) is 37.9 Å². The smallest absolute Gasteiger partial charge is 0.356 e. The van der Waals surface area contributed by atoms with Crippen molar-refractivity contribution >= 4 is 10.6 Å². The van der Waals surface area contributed by atoms with E-state index < -0.39 is 16.1 Å². The van der Waals surface area contributed by atoms with Crippen molar-refractivity contribution in [3.63, 3.8) is 0 Å². The van der Waals surface area contributed by atoms with Gasteiger partial charge in [0.1, 0.15) is 0 Å². The van der Waals surface area contributed by atoms with Crippen molar-refractivity contribution in [2.45, 2.75) is 24.8 Å². The van der Waals surface area contributed by atoms with Crippen LogP contribution in [0.5, 0.6) is 0 Å². The van der Waals surface area contributed by atoms with Gasteiger partial charge in [-0.1, -0.05) is 40.9 Å². The molecule has 1 aromatic rings. The molecule has 2 fully saturated rings. The molecule has 21 heavy (non-hydrogen) atoms. The summed E-state index contributed by atoms with van der Waals surface area (Å²) in [4.78, 5) is 0. The van der Waals surface area contributed by atoms with E-state index in [0.29, 0.717) is 0 Å². The fourth-order valence-electron chi connectivity index (χ4n) is 3.02. The van der Waals surface area contributed by atoms with Crippen molar-refractivity contribution < 1.29 is 17.4 Å². The number of hydrogen-bond donors (Lipinski definition) is 2. The van der Waals surface area contributed by atoms with Gasteiger partial charge in [0.15, 0.2) is 0 Å². The molecule has 7 heteroatoms.